The molecule has 3 heterocycles. The summed E-state index contributed by atoms with van der Waals surface area (Å²) in [6.07, 6.45) is -1.70. The lowest BCUT2D eigenvalue weighted by molar-refractivity contribution is -0.138. The van der Waals surface area contributed by atoms with Gasteiger partial charge in [-0.05, 0) is 37.1 Å². The number of halogens is 3. The lowest BCUT2D eigenvalue weighted by Gasteiger charge is -2.31. The van der Waals surface area contributed by atoms with E-state index in [2.05, 4.69) is 11.1 Å². The number of carbonyl (C=O) groups excluding carboxylic acids is 1. The van der Waals surface area contributed by atoms with Crippen LogP contribution in [-0.4, -0.2) is 39.6 Å². The Labute approximate surface area is 174 Å². The number of amides is 1. The van der Waals surface area contributed by atoms with Crippen molar-refractivity contribution < 1.29 is 18.0 Å². The summed E-state index contributed by atoms with van der Waals surface area (Å²) in [7, 11) is 0. The molecule has 4 nitrogen and oxygen atoms in total. The summed E-state index contributed by atoms with van der Waals surface area (Å²) in [5.41, 5.74) is 0.197. The van der Waals surface area contributed by atoms with E-state index in [9.17, 15) is 18.0 Å². The maximum absolute atomic E-state index is 12.6. The van der Waals surface area contributed by atoms with Crippen LogP contribution in [0.15, 0.2) is 47.6 Å². The highest BCUT2D eigenvalue weighted by Gasteiger charge is 2.31. The van der Waals surface area contributed by atoms with E-state index in [-0.39, 0.29) is 17.6 Å². The van der Waals surface area contributed by atoms with E-state index in [4.69, 9.17) is 4.98 Å². The Hall–Kier alpha value is -2.13. The summed E-state index contributed by atoms with van der Waals surface area (Å²) in [5.74, 6) is 0.354. The molecule has 152 valence electrons. The van der Waals surface area contributed by atoms with E-state index in [0.717, 1.165) is 52.1 Å². The second kappa shape index (κ2) is 8.31. The van der Waals surface area contributed by atoms with Gasteiger partial charge in [-0.15, -0.1) is 11.3 Å². The Kier molecular flexibility index (Phi) is 5.78. The van der Waals surface area contributed by atoms with E-state index in [1.165, 1.54) is 6.07 Å². The molecule has 0 spiro atoms. The van der Waals surface area contributed by atoms with Crippen LogP contribution >= 0.6 is 23.1 Å². The lowest BCUT2D eigenvalue weighted by atomic mass is 9.99. The van der Waals surface area contributed by atoms with Crippen molar-refractivity contribution in [2.45, 2.75) is 30.0 Å². The van der Waals surface area contributed by atoms with Crippen molar-refractivity contribution in [3.8, 4) is 0 Å². The van der Waals surface area contributed by atoms with Gasteiger partial charge in [-0.25, -0.2) is 9.97 Å². The highest BCUT2D eigenvalue weighted by Crippen LogP contribution is 2.33. The van der Waals surface area contributed by atoms with Gasteiger partial charge in [-0.3, -0.25) is 4.79 Å². The zero-order chi connectivity index (χ0) is 20.4. The number of hydrogen-bond acceptors (Lipinski definition) is 5. The fraction of sp³-hybridized carbons (Fsp3) is 0.350. The standard InChI is InChI=1S/C20H18F3N3OS2/c21-20(22,23)14-7-8-17(24-10-14)28-12-18(27)26-9-3-4-13(11-26)19-25-15-5-1-2-6-16(15)29-19/h1-2,5-8,10,13H,3-4,9,11-12H2. The van der Waals surface area contributed by atoms with Crippen molar-refractivity contribution in [2.75, 3.05) is 18.8 Å². The Morgan fingerprint density at radius 3 is 2.79 bits per heavy atom. The summed E-state index contributed by atoms with van der Waals surface area (Å²) in [4.78, 5) is 23.0. The quantitative estimate of drug-likeness (QED) is 0.526. The number of likely N-dealkylation sites (tertiary alicyclic amines) is 1. The van der Waals surface area contributed by atoms with Crippen LogP contribution in [0.1, 0.15) is 29.3 Å². The molecule has 0 saturated carbocycles. The normalized spacial score (nSPS) is 17.6. The molecule has 1 aliphatic rings. The van der Waals surface area contributed by atoms with E-state index in [1.807, 2.05) is 23.1 Å². The highest BCUT2D eigenvalue weighted by atomic mass is 32.2. The molecule has 1 fully saturated rings. The molecule has 2 aromatic heterocycles. The number of carbonyl (C=O) groups is 1. The average Bonchev–Trinajstić information content (AvgIpc) is 3.16. The molecule has 0 N–H and O–H groups in total. The number of thiazole rings is 1. The van der Waals surface area contributed by atoms with Gasteiger partial charge in [0, 0.05) is 25.2 Å². The zero-order valence-corrected chi connectivity index (χ0v) is 17.0. The van der Waals surface area contributed by atoms with E-state index >= 15 is 0 Å². The number of pyridine rings is 1. The molecular weight excluding hydrogens is 419 g/mol. The number of aromatic nitrogens is 2. The van der Waals surface area contributed by atoms with Gasteiger partial charge in [0.05, 0.1) is 31.6 Å². The fourth-order valence-corrected chi connectivity index (χ4v) is 5.17. The van der Waals surface area contributed by atoms with Crippen molar-refractivity contribution in [2.24, 2.45) is 0 Å². The number of hydrogen-bond donors (Lipinski definition) is 0. The molecule has 1 atom stereocenters. The Morgan fingerprint density at radius 2 is 2.07 bits per heavy atom. The molecule has 9 heteroatoms. The molecule has 4 rings (SSSR count). The smallest absolute Gasteiger partial charge is 0.341 e. The third kappa shape index (κ3) is 4.72. The Bertz CT molecular complexity index is 971. The highest BCUT2D eigenvalue weighted by molar-refractivity contribution is 7.99. The van der Waals surface area contributed by atoms with Crippen molar-refractivity contribution in [3.63, 3.8) is 0 Å². The molecular formula is C20H18F3N3OS2. The monoisotopic (exact) mass is 437 g/mol. The van der Waals surface area contributed by atoms with Gasteiger partial charge >= 0.3 is 6.18 Å². The number of piperidine rings is 1. The molecule has 1 unspecified atom stereocenters. The Morgan fingerprint density at radius 1 is 1.24 bits per heavy atom. The summed E-state index contributed by atoms with van der Waals surface area (Å²) in [6.45, 7) is 1.32. The van der Waals surface area contributed by atoms with Gasteiger partial charge < -0.3 is 4.90 Å². The topological polar surface area (TPSA) is 46.1 Å². The van der Waals surface area contributed by atoms with Gasteiger partial charge in [0.1, 0.15) is 0 Å². The fourth-order valence-electron chi connectivity index (χ4n) is 3.33. The van der Waals surface area contributed by atoms with Crippen LogP contribution in [0, 0.1) is 0 Å². The third-order valence-corrected chi connectivity index (χ3v) is 6.97. The summed E-state index contributed by atoms with van der Waals surface area (Å²) in [5, 5.41) is 1.46. The van der Waals surface area contributed by atoms with Gasteiger partial charge in [-0.1, -0.05) is 23.9 Å². The van der Waals surface area contributed by atoms with Crippen molar-refractivity contribution in [3.05, 3.63) is 53.2 Å². The summed E-state index contributed by atoms with van der Waals surface area (Å²) in [6, 6.07) is 10.3. The Balaban J connectivity index is 1.36. The van der Waals surface area contributed by atoms with Crippen LogP contribution in [0.25, 0.3) is 10.2 Å². The number of alkyl halides is 3. The van der Waals surface area contributed by atoms with Crippen LogP contribution < -0.4 is 0 Å². The molecule has 29 heavy (non-hydrogen) atoms. The van der Waals surface area contributed by atoms with Gasteiger partial charge in [0.2, 0.25) is 5.91 Å². The van der Waals surface area contributed by atoms with Crippen LogP contribution in [0.5, 0.6) is 0 Å². The van der Waals surface area contributed by atoms with Gasteiger partial charge in [-0.2, -0.15) is 13.2 Å². The van der Waals surface area contributed by atoms with Crippen LogP contribution in [0.4, 0.5) is 13.2 Å². The minimum atomic E-state index is -4.41. The molecule has 3 aromatic rings. The first-order valence-corrected chi connectivity index (χ1v) is 11.0. The van der Waals surface area contributed by atoms with Gasteiger partial charge in [0.15, 0.2) is 0 Å². The van der Waals surface area contributed by atoms with E-state index in [0.29, 0.717) is 18.1 Å². The maximum Gasteiger partial charge on any atom is 0.417 e. The van der Waals surface area contributed by atoms with Crippen LogP contribution in [0.2, 0.25) is 0 Å². The number of para-hydroxylation sites is 1. The zero-order valence-electron chi connectivity index (χ0n) is 15.4. The van der Waals surface area contributed by atoms with E-state index < -0.39 is 11.7 Å². The van der Waals surface area contributed by atoms with Crippen molar-refractivity contribution in [1.29, 1.82) is 0 Å². The van der Waals surface area contributed by atoms with Crippen molar-refractivity contribution in [1.82, 2.24) is 14.9 Å². The molecule has 0 bridgehead atoms. The number of thioether (sulfide) groups is 1. The number of fused-ring (bicyclic) bond motifs is 1. The molecule has 1 amide bonds. The minimum absolute atomic E-state index is 0.0255. The SMILES string of the molecule is O=C(CSc1ccc(C(F)(F)F)cn1)N1CCCC(c2nc3ccccc3s2)C1. The van der Waals surface area contributed by atoms with Crippen LogP contribution in [0.3, 0.4) is 0 Å². The largest absolute Gasteiger partial charge is 0.417 e. The second-order valence-corrected chi connectivity index (χ2v) is 8.93. The third-order valence-electron chi connectivity index (χ3n) is 4.84. The average molecular weight is 438 g/mol. The van der Waals surface area contributed by atoms with Gasteiger partial charge in [0.25, 0.3) is 0 Å². The number of nitrogens with zero attached hydrogens (tertiary/aromatic N) is 3. The lowest BCUT2D eigenvalue weighted by Crippen LogP contribution is -2.40. The summed E-state index contributed by atoms with van der Waals surface area (Å²) >= 11 is 2.83. The first-order valence-electron chi connectivity index (χ1n) is 9.19. The molecule has 1 aliphatic heterocycles. The molecule has 1 aromatic carbocycles. The van der Waals surface area contributed by atoms with Crippen molar-refractivity contribution >= 4 is 39.2 Å². The molecule has 1 saturated heterocycles. The number of benzene rings is 1. The predicted octanol–water partition coefficient (Wildman–Crippen LogP) is 5.21. The minimum Gasteiger partial charge on any atom is -0.341 e. The number of rotatable bonds is 4. The first kappa shape index (κ1) is 20.2. The second-order valence-electron chi connectivity index (χ2n) is 6.87. The molecule has 0 radical (unpaired) electrons. The van der Waals surface area contributed by atoms with Crippen LogP contribution in [-0.2, 0) is 11.0 Å². The van der Waals surface area contributed by atoms with E-state index in [1.54, 1.807) is 11.3 Å². The predicted molar refractivity (Wildman–Crippen MR) is 108 cm³/mol. The summed E-state index contributed by atoms with van der Waals surface area (Å²) < 4.78 is 39.0. The maximum atomic E-state index is 12.6. The molecule has 0 aliphatic carbocycles. The first-order chi connectivity index (χ1) is 13.9.